The van der Waals surface area contributed by atoms with Crippen molar-refractivity contribution in [2.45, 2.75) is 57.9 Å². The van der Waals surface area contributed by atoms with E-state index in [0.29, 0.717) is 0 Å². The summed E-state index contributed by atoms with van der Waals surface area (Å²) in [4.78, 5) is 4.58. The average molecular weight is 249 g/mol. The molecule has 0 spiro atoms. The summed E-state index contributed by atoms with van der Waals surface area (Å²) in [7, 11) is 0. The summed E-state index contributed by atoms with van der Waals surface area (Å²) in [6.07, 6.45) is 8.72. The van der Waals surface area contributed by atoms with Gasteiger partial charge in [-0.25, -0.2) is 0 Å². The minimum Gasteiger partial charge on any atom is -0.338 e. The number of nitrogens with zero attached hydrogens (tertiary/aromatic N) is 2. The molecular weight excluding hydrogens is 226 g/mol. The van der Waals surface area contributed by atoms with Gasteiger partial charge in [0.1, 0.15) is 0 Å². The molecule has 0 amide bonds. The van der Waals surface area contributed by atoms with Crippen molar-refractivity contribution in [3.63, 3.8) is 0 Å². The summed E-state index contributed by atoms with van der Waals surface area (Å²) < 4.78 is 5.44. The smallest absolute Gasteiger partial charge is 0.243 e. The third-order valence-corrected chi connectivity index (χ3v) is 4.57. The van der Waals surface area contributed by atoms with Gasteiger partial charge >= 0.3 is 0 Å². The molecule has 2 unspecified atom stereocenters. The molecule has 2 aliphatic rings. The summed E-state index contributed by atoms with van der Waals surface area (Å²) >= 11 is 0. The fourth-order valence-electron chi connectivity index (χ4n) is 3.00. The quantitative estimate of drug-likeness (QED) is 0.891. The van der Waals surface area contributed by atoms with Crippen LogP contribution in [-0.4, -0.2) is 16.7 Å². The van der Waals surface area contributed by atoms with E-state index in [1.54, 1.807) is 0 Å². The molecule has 4 heteroatoms. The fraction of sp³-hybridized carbons (Fsp3) is 0.857. The van der Waals surface area contributed by atoms with Crippen molar-refractivity contribution in [1.29, 1.82) is 0 Å². The fourth-order valence-corrected chi connectivity index (χ4v) is 3.00. The summed E-state index contributed by atoms with van der Waals surface area (Å²) in [6, 6.07) is 0.284. The Kier molecular flexibility index (Phi) is 3.64. The van der Waals surface area contributed by atoms with Gasteiger partial charge in [-0.3, -0.25) is 0 Å². The molecule has 2 fully saturated rings. The topological polar surface area (TPSA) is 51.0 Å². The zero-order chi connectivity index (χ0) is 12.4. The van der Waals surface area contributed by atoms with Crippen molar-refractivity contribution in [3.8, 4) is 0 Å². The molecule has 4 nitrogen and oxygen atoms in total. The maximum Gasteiger partial charge on any atom is 0.243 e. The Morgan fingerprint density at radius 2 is 2.17 bits per heavy atom. The van der Waals surface area contributed by atoms with Crippen LogP contribution in [-0.2, 0) is 6.42 Å². The van der Waals surface area contributed by atoms with E-state index >= 15 is 0 Å². The van der Waals surface area contributed by atoms with Crippen molar-refractivity contribution >= 4 is 0 Å². The van der Waals surface area contributed by atoms with Gasteiger partial charge in [0, 0.05) is 6.42 Å². The molecule has 0 radical (unpaired) electrons. The number of hydrogen-bond donors (Lipinski definition) is 1. The molecule has 2 atom stereocenters. The SMILES string of the molecule is CCC1CCNC(c2nc(CC3CCC3)no2)C1. The Morgan fingerprint density at radius 1 is 1.28 bits per heavy atom. The Hall–Kier alpha value is -0.900. The lowest BCUT2D eigenvalue weighted by Crippen LogP contribution is -2.31. The molecule has 1 N–H and O–H groups in total. The molecule has 1 aromatic heterocycles. The minimum atomic E-state index is 0.284. The standard InChI is InChI=1S/C14H23N3O/c1-2-10-6-7-15-12(8-10)14-16-13(17-18-14)9-11-4-3-5-11/h10-12,15H,2-9H2,1H3. The highest BCUT2D eigenvalue weighted by atomic mass is 16.5. The van der Waals surface area contributed by atoms with Gasteiger partial charge in [0.25, 0.3) is 0 Å². The van der Waals surface area contributed by atoms with E-state index in [1.807, 2.05) is 0 Å². The van der Waals surface area contributed by atoms with Crippen LogP contribution in [0, 0.1) is 11.8 Å². The van der Waals surface area contributed by atoms with Crippen molar-refractivity contribution in [2.75, 3.05) is 6.54 Å². The zero-order valence-corrected chi connectivity index (χ0v) is 11.2. The zero-order valence-electron chi connectivity index (χ0n) is 11.2. The average Bonchev–Trinajstić information content (AvgIpc) is 2.83. The van der Waals surface area contributed by atoms with E-state index in [9.17, 15) is 0 Å². The molecule has 1 aliphatic heterocycles. The van der Waals surface area contributed by atoms with Crippen LogP contribution in [0.25, 0.3) is 0 Å². The molecule has 1 saturated carbocycles. The lowest BCUT2D eigenvalue weighted by molar-refractivity contribution is 0.245. The highest BCUT2D eigenvalue weighted by Crippen LogP contribution is 2.31. The highest BCUT2D eigenvalue weighted by Gasteiger charge is 2.27. The minimum absolute atomic E-state index is 0.284. The molecular formula is C14H23N3O. The predicted octanol–water partition coefficient (Wildman–Crippen LogP) is 2.86. The summed E-state index contributed by atoms with van der Waals surface area (Å²) in [5.74, 6) is 3.33. The van der Waals surface area contributed by atoms with E-state index in [2.05, 4.69) is 22.4 Å². The summed E-state index contributed by atoms with van der Waals surface area (Å²) in [5, 5.41) is 7.64. The van der Waals surface area contributed by atoms with E-state index in [1.165, 1.54) is 32.1 Å². The molecule has 100 valence electrons. The predicted molar refractivity (Wildman–Crippen MR) is 69.1 cm³/mol. The number of hydrogen-bond acceptors (Lipinski definition) is 4. The van der Waals surface area contributed by atoms with Crippen LogP contribution in [0.2, 0.25) is 0 Å². The maximum atomic E-state index is 5.44. The first-order valence-electron chi connectivity index (χ1n) is 7.41. The van der Waals surface area contributed by atoms with Gasteiger partial charge in [-0.15, -0.1) is 0 Å². The van der Waals surface area contributed by atoms with E-state index in [0.717, 1.165) is 42.9 Å². The lowest BCUT2D eigenvalue weighted by atomic mass is 9.83. The number of aromatic nitrogens is 2. The van der Waals surface area contributed by atoms with Gasteiger partial charge in [-0.2, -0.15) is 4.98 Å². The van der Waals surface area contributed by atoms with Crippen LogP contribution in [0.5, 0.6) is 0 Å². The van der Waals surface area contributed by atoms with E-state index in [-0.39, 0.29) is 6.04 Å². The van der Waals surface area contributed by atoms with E-state index < -0.39 is 0 Å². The Balaban J connectivity index is 1.61. The molecule has 1 saturated heterocycles. The highest BCUT2D eigenvalue weighted by molar-refractivity contribution is 4.97. The Morgan fingerprint density at radius 3 is 2.89 bits per heavy atom. The van der Waals surface area contributed by atoms with Crippen LogP contribution >= 0.6 is 0 Å². The largest absolute Gasteiger partial charge is 0.338 e. The molecule has 0 bridgehead atoms. The van der Waals surface area contributed by atoms with Crippen molar-refractivity contribution < 1.29 is 4.52 Å². The van der Waals surface area contributed by atoms with Crippen LogP contribution in [0.15, 0.2) is 4.52 Å². The first-order chi connectivity index (χ1) is 8.85. The molecule has 1 aromatic rings. The molecule has 1 aliphatic carbocycles. The first-order valence-corrected chi connectivity index (χ1v) is 7.41. The lowest BCUT2D eigenvalue weighted by Gasteiger charge is -2.27. The van der Waals surface area contributed by atoms with Crippen LogP contribution in [0.1, 0.15) is 63.2 Å². The van der Waals surface area contributed by atoms with Gasteiger partial charge < -0.3 is 9.84 Å². The summed E-state index contributed by atoms with van der Waals surface area (Å²) in [5.41, 5.74) is 0. The van der Waals surface area contributed by atoms with Crippen molar-refractivity contribution in [3.05, 3.63) is 11.7 Å². The second-order valence-corrected chi connectivity index (χ2v) is 5.86. The normalized spacial score (nSPS) is 29.2. The molecule has 3 rings (SSSR count). The van der Waals surface area contributed by atoms with Gasteiger partial charge in [-0.1, -0.05) is 37.8 Å². The monoisotopic (exact) mass is 249 g/mol. The van der Waals surface area contributed by atoms with Gasteiger partial charge in [0.15, 0.2) is 5.82 Å². The van der Waals surface area contributed by atoms with Crippen LogP contribution < -0.4 is 5.32 Å². The van der Waals surface area contributed by atoms with Crippen LogP contribution in [0.3, 0.4) is 0 Å². The van der Waals surface area contributed by atoms with Crippen molar-refractivity contribution in [1.82, 2.24) is 15.5 Å². The number of rotatable bonds is 4. The first kappa shape index (κ1) is 12.2. The van der Waals surface area contributed by atoms with E-state index in [4.69, 9.17) is 4.52 Å². The summed E-state index contributed by atoms with van der Waals surface area (Å²) in [6.45, 7) is 3.34. The third kappa shape index (κ3) is 2.58. The third-order valence-electron chi connectivity index (χ3n) is 4.57. The van der Waals surface area contributed by atoms with Crippen LogP contribution in [0.4, 0.5) is 0 Å². The van der Waals surface area contributed by atoms with Gasteiger partial charge in [0.05, 0.1) is 6.04 Å². The second kappa shape index (κ2) is 5.39. The second-order valence-electron chi connectivity index (χ2n) is 5.86. The molecule has 0 aromatic carbocycles. The molecule has 18 heavy (non-hydrogen) atoms. The Bertz CT molecular complexity index is 386. The maximum absolute atomic E-state index is 5.44. The Labute approximate surface area is 109 Å². The molecule has 2 heterocycles. The van der Waals surface area contributed by atoms with Gasteiger partial charge in [-0.05, 0) is 31.2 Å². The van der Waals surface area contributed by atoms with Gasteiger partial charge in [0.2, 0.25) is 5.89 Å². The number of piperidine rings is 1. The number of nitrogens with one attached hydrogen (secondary N) is 1. The van der Waals surface area contributed by atoms with Crippen molar-refractivity contribution in [2.24, 2.45) is 11.8 Å².